The molecule has 2 N–H and O–H groups in total. The first-order chi connectivity index (χ1) is 9.22. The van der Waals surface area contributed by atoms with Gasteiger partial charge in [0.1, 0.15) is 0 Å². The Balaban J connectivity index is 1.79. The summed E-state index contributed by atoms with van der Waals surface area (Å²) < 4.78 is 0. The van der Waals surface area contributed by atoms with E-state index in [1.165, 1.54) is 0 Å². The number of aromatic nitrogens is 1. The Morgan fingerprint density at radius 2 is 2.32 bits per heavy atom. The summed E-state index contributed by atoms with van der Waals surface area (Å²) in [7, 11) is 0. The quantitative estimate of drug-likeness (QED) is 0.904. The van der Waals surface area contributed by atoms with Gasteiger partial charge in [-0.25, -0.2) is 0 Å². The van der Waals surface area contributed by atoms with Crippen LogP contribution in [-0.2, 0) is 17.8 Å². The number of nitrogens with one attached hydrogen (secondary N) is 2. The lowest BCUT2D eigenvalue weighted by Gasteiger charge is -2.10. The molecular formula is C14H12ClN3O. The van der Waals surface area contributed by atoms with Crippen LogP contribution in [0.5, 0.6) is 0 Å². The normalized spacial score (nSPS) is 13.0. The Labute approximate surface area is 115 Å². The standard InChI is InChI=1S/C14H12ClN3O/c15-11-6-12-10(5-14(19)18-12)4-13(11)17-8-9-2-1-3-16-7-9/h1-4,6-7,17H,5,8H2,(H,18,19). The van der Waals surface area contributed by atoms with Gasteiger partial charge in [-0.3, -0.25) is 9.78 Å². The highest BCUT2D eigenvalue weighted by Gasteiger charge is 2.19. The van der Waals surface area contributed by atoms with Crippen LogP contribution in [0, 0.1) is 0 Å². The Hall–Kier alpha value is -2.07. The number of amides is 1. The highest BCUT2D eigenvalue weighted by atomic mass is 35.5. The third kappa shape index (κ3) is 2.53. The summed E-state index contributed by atoms with van der Waals surface area (Å²) in [5.41, 5.74) is 3.69. The van der Waals surface area contributed by atoms with Gasteiger partial charge in [0.15, 0.2) is 0 Å². The number of rotatable bonds is 3. The molecular weight excluding hydrogens is 262 g/mol. The van der Waals surface area contributed by atoms with Crippen LogP contribution >= 0.6 is 11.6 Å². The Kier molecular flexibility index (Phi) is 3.09. The number of fused-ring (bicyclic) bond motifs is 1. The highest BCUT2D eigenvalue weighted by molar-refractivity contribution is 6.33. The van der Waals surface area contributed by atoms with Crippen LogP contribution in [0.25, 0.3) is 0 Å². The van der Waals surface area contributed by atoms with Crippen molar-refractivity contribution in [3.05, 3.63) is 52.8 Å². The second-order valence-electron chi connectivity index (χ2n) is 4.43. The number of pyridine rings is 1. The van der Waals surface area contributed by atoms with E-state index < -0.39 is 0 Å². The number of benzene rings is 1. The van der Waals surface area contributed by atoms with Gasteiger partial charge in [0.2, 0.25) is 5.91 Å². The first kappa shape index (κ1) is 12.0. The van der Waals surface area contributed by atoms with Gasteiger partial charge in [-0.2, -0.15) is 0 Å². The first-order valence-electron chi connectivity index (χ1n) is 5.97. The number of hydrogen-bond donors (Lipinski definition) is 2. The molecule has 0 fully saturated rings. The van der Waals surface area contributed by atoms with E-state index in [1.807, 2.05) is 18.2 Å². The smallest absolute Gasteiger partial charge is 0.228 e. The fourth-order valence-corrected chi connectivity index (χ4v) is 2.31. The zero-order valence-corrected chi connectivity index (χ0v) is 10.9. The van der Waals surface area contributed by atoms with Gasteiger partial charge in [0, 0.05) is 24.6 Å². The van der Waals surface area contributed by atoms with Gasteiger partial charge < -0.3 is 10.6 Å². The Morgan fingerprint density at radius 3 is 3.11 bits per heavy atom. The molecule has 1 aliphatic heterocycles. The third-order valence-electron chi connectivity index (χ3n) is 3.02. The summed E-state index contributed by atoms with van der Waals surface area (Å²) in [6.45, 7) is 0.647. The lowest BCUT2D eigenvalue weighted by atomic mass is 10.1. The van der Waals surface area contributed by atoms with Gasteiger partial charge in [-0.15, -0.1) is 0 Å². The van der Waals surface area contributed by atoms with Crippen molar-refractivity contribution in [2.75, 3.05) is 10.6 Å². The van der Waals surface area contributed by atoms with E-state index >= 15 is 0 Å². The largest absolute Gasteiger partial charge is 0.380 e. The molecule has 96 valence electrons. The lowest BCUT2D eigenvalue weighted by Crippen LogP contribution is -2.03. The third-order valence-corrected chi connectivity index (χ3v) is 3.34. The molecule has 3 rings (SSSR count). The predicted octanol–water partition coefficient (Wildman–Crippen LogP) is 2.84. The molecule has 1 aliphatic rings. The van der Waals surface area contributed by atoms with Crippen molar-refractivity contribution in [2.45, 2.75) is 13.0 Å². The molecule has 1 aromatic carbocycles. The maximum atomic E-state index is 11.3. The number of anilines is 2. The van der Waals surface area contributed by atoms with Crippen molar-refractivity contribution in [1.82, 2.24) is 4.98 Å². The van der Waals surface area contributed by atoms with Crippen LogP contribution in [0.2, 0.25) is 5.02 Å². The maximum absolute atomic E-state index is 11.3. The van der Waals surface area contributed by atoms with E-state index in [4.69, 9.17) is 11.6 Å². The van der Waals surface area contributed by atoms with Gasteiger partial charge in [-0.05, 0) is 29.3 Å². The average molecular weight is 274 g/mol. The van der Waals surface area contributed by atoms with E-state index in [-0.39, 0.29) is 5.91 Å². The first-order valence-corrected chi connectivity index (χ1v) is 6.35. The molecule has 19 heavy (non-hydrogen) atoms. The molecule has 2 heterocycles. The summed E-state index contributed by atoms with van der Waals surface area (Å²) >= 11 is 6.19. The number of hydrogen-bond acceptors (Lipinski definition) is 3. The summed E-state index contributed by atoms with van der Waals surface area (Å²) in [6, 6.07) is 7.59. The summed E-state index contributed by atoms with van der Waals surface area (Å²) in [4.78, 5) is 15.4. The van der Waals surface area contributed by atoms with E-state index in [2.05, 4.69) is 15.6 Å². The minimum atomic E-state index is 0.00970. The molecule has 0 saturated carbocycles. The van der Waals surface area contributed by atoms with Crippen molar-refractivity contribution in [2.24, 2.45) is 0 Å². The predicted molar refractivity (Wildman–Crippen MR) is 75.3 cm³/mol. The molecule has 0 saturated heterocycles. The van der Waals surface area contributed by atoms with E-state index in [9.17, 15) is 4.79 Å². The molecule has 0 aliphatic carbocycles. The molecule has 0 atom stereocenters. The minimum Gasteiger partial charge on any atom is -0.380 e. The molecule has 0 spiro atoms. The number of carbonyl (C=O) groups excluding carboxylic acids is 1. The number of nitrogens with zero attached hydrogens (tertiary/aromatic N) is 1. The topological polar surface area (TPSA) is 54.0 Å². The van der Waals surface area contributed by atoms with Crippen LogP contribution in [0.4, 0.5) is 11.4 Å². The second kappa shape index (κ2) is 4.90. The van der Waals surface area contributed by atoms with Crippen LogP contribution in [0.3, 0.4) is 0 Å². The molecule has 1 amide bonds. The number of carbonyl (C=O) groups is 1. The zero-order chi connectivity index (χ0) is 13.2. The molecule has 4 nitrogen and oxygen atoms in total. The summed E-state index contributed by atoms with van der Waals surface area (Å²) in [5.74, 6) is 0.00970. The van der Waals surface area contributed by atoms with Gasteiger partial charge in [0.05, 0.1) is 17.1 Å². The van der Waals surface area contributed by atoms with Crippen LogP contribution < -0.4 is 10.6 Å². The number of halogens is 1. The van der Waals surface area contributed by atoms with E-state index in [1.54, 1.807) is 18.5 Å². The molecule has 0 bridgehead atoms. The van der Waals surface area contributed by atoms with Gasteiger partial charge >= 0.3 is 0 Å². The summed E-state index contributed by atoms with van der Waals surface area (Å²) in [5, 5.41) is 6.64. The van der Waals surface area contributed by atoms with Crippen molar-refractivity contribution >= 4 is 28.9 Å². The molecule has 1 aromatic heterocycles. The fraction of sp³-hybridized carbons (Fsp3) is 0.143. The van der Waals surface area contributed by atoms with Crippen molar-refractivity contribution in [3.63, 3.8) is 0 Å². The lowest BCUT2D eigenvalue weighted by molar-refractivity contribution is -0.115. The maximum Gasteiger partial charge on any atom is 0.228 e. The molecule has 0 unspecified atom stereocenters. The zero-order valence-electron chi connectivity index (χ0n) is 10.1. The van der Waals surface area contributed by atoms with E-state index in [0.29, 0.717) is 18.0 Å². The van der Waals surface area contributed by atoms with Crippen LogP contribution in [0.15, 0.2) is 36.7 Å². The Morgan fingerprint density at radius 1 is 1.42 bits per heavy atom. The van der Waals surface area contributed by atoms with Crippen molar-refractivity contribution < 1.29 is 4.79 Å². The monoisotopic (exact) mass is 273 g/mol. The second-order valence-corrected chi connectivity index (χ2v) is 4.84. The SMILES string of the molecule is O=C1Cc2cc(NCc3cccnc3)c(Cl)cc2N1. The minimum absolute atomic E-state index is 0.00970. The van der Waals surface area contributed by atoms with Crippen LogP contribution in [0.1, 0.15) is 11.1 Å². The molecule has 2 aromatic rings. The molecule has 5 heteroatoms. The molecule has 0 radical (unpaired) electrons. The summed E-state index contributed by atoms with van der Waals surface area (Å²) in [6.07, 6.45) is 3.95. The van der Waals surface area contributed by atoms with Gasteiger partial charge in [0.25, 0.3) is 0 Å². The van der Waals surface area contributed by atoms with Gasteiger partial charge in [-0.1, -0.05) is 17.7 Å². The highest BCUT2D eigenvalue weighted by Crippen LogP contribution is 2.32. The van der Waals surface area contributed by atoms with E-state index in [0.717, 1.165) is 22.5 Å². The average Bonchev–Trinajstić information content (AvgIpc) is 2.76. The fourth-order valence-electron chi connectivity index (χ4n) is 2.08. The van der Waals surface area contributed by atoms with Crippen molar-refractivity contribution in [3.8, 4) is 0 Å². The van der Waals surface area contributed by atoms with Crippen molar-refractivity contribution in [1.29, 1.82) is 0 Å². The Bertz CT molecular complexity index is 628. The van der Waals surface area contributed by atoms with Crippen LogP contribution in [-0.4, -0.2) is 10.9 Å².